The Morgan fingerprint density at radius 3 is 2.65 bits per heavy atom. The van der Waals surface area contributed by atoms with Crippen molar-refractivity contribution >= 4 is 34.7 Å². The Bertz CT molecular complexity index is 676. The van der Waals surface area contributed by atoms with Crippen molar-refractivity contribution in [3.05, 3.63) is 40.1 Å². The third kappa shape index (κ3) is 4.53. The zero-order valence-corrected chi connectivity index (χ0v) is 14.5. The Morgan fingerprint density at radius 2 is 2.04 bits per heavy atom. The molecule has 0 unspecified atom stereocenters. The predicted molar refractivity (Wildman–Crippen MR) is 96.7 cm³/mol. The van der Waals surface area contributed by atoms with E-state index in [1.54, 1.807) is 12.3 Å². The molecule has 7 heteroatoms. The molecule has 23 heavy (non-hydrogen) atoms. The lowest BCUT2D eigenvalue weighted by atomic mass is 10.0. The first-order valence-electron chi connectivity index (χ1n) is 7.48. The number of hydrogen-bond acceptors (Lipinski definition) is 5. The fourth-order valence-electron chi connectivity index (χ4n) is 2.53. The minimum atomic E-state index is -0.298. The molecule has 1 heterocycles. The van der Waals surface area contributed by atoms with Crippen molar-refractivity contribution in [2.24, 2.45) is 0 Å². The van der Waals surface area contributed by atoms with E-state index >= 15 is 0 Å². The molecule has 0 fully saturated rings. The summed E-state index contributed by atoms with van der Waals surface area (Å²) in [4.78, 5) is 17.6. The molecule has 2 aromatic rings. The monoisotopic (exact) mass is 338 g/mol. The summed E-state index contributed by atoms with van der Waals surface area (Å²) in [5.41, 5.74) is 2.34. The van der Waals surface area contributed by atoms with Crippen molar-refractivity contribution < 1.29 is 4.92 Å². The topological polar surface area (TPSA) is 71.3 Å². The molecule has 6 nitrogen and oxygen atoms in total. The summed E-state index contributed by atoms with van der Waals surface area (Å²) in [6.45, 7) is 3.66. The second-order valence-electron chi connectivity index (χ2n) is 5.52. The summed E-state index contributed by atoms with van der Waals surface area (Å²) < 4.78 is 0. The van der Waals surface area contributed by atoms with Gasteiger partial charge in [-0.3, -0.25) is 15.1 Å². The number of pyridine rings is 1. The maximum atomic E-state index is 11.5. The van der Waals surface area contributed by atoms with E-state index in [2.05, 4.69) is 15.2 Å². The van der Waals surface area contributed by atoms with Gasteiger partial charge in [-0.1, -0.05) is 13.0 Å². The second kappa shape index (κ2) is 8.64. The van der Waals surface area contributed by atoms with E-state index in [9.17, 15) is 10.1 Å². The molecule has 0 aliphatic heterocycles. The van der Waals surface area contributed by atoms with Crippen LogP contribution in [0.4, 0.5) is 11.4 Å². The van der Waals surface area contributed by atoms with Crippen LogP contribution in [0.5, 0.6) is 0 Å². The molecule has 0 bridgehead atoms. The van der Waals surface area contributed by atoms with Crippen molar-refractivity contribution in [1.82, 2.24) is 9.88 Å². The molecule has 126 valence electrons. The van der Waals surface area contributed by atoms with Crippen LogP contribution in [-0.2, 0) is 6.42 Å². The maximum Gasteiger partial charge on any atom is 0.284 e. The Labute approximate surface area is 142 Å². The number of benzene rings is 1. The summed E-state index contributed by atoms with van der Waals surface area (Å²) in [6, 6.07) is 5.46. The number of fused-ring (bicyclic) bond motifs is 1. The zero-order chi connectivity index (χ0) is 16.1. The predicted octanol–water partition coefficient (Wildman–Crippen LogP) is 3.49. The van der Waals surface area contributed by atoms with E-state index in [4.69, 9.17) is 0 Å². The third-order valence-corrected chi connectivity index (χ3v) is 3.62. The number of anilines is 1. The summed E-state index contributed by atoms with van der Waals surface area (Å²) in [5, 5.41) is 15.4. The van der Waals surface area contributed by atoms with Crippen molar-refractivity contribution in [2.45, 2.75) is 19.8 Å². The SMILES string of the molecule is CCc1ccc2nccc(NCCCN(C)C)c2c1[N+](=O)[O-].Cl. The summed E-state index contributed by atoms with van der Waals surface area (Å²) in [6.07, 6.45) is 3.28. The maximum absolute atomic E-state index is 11.5. The molecule has 0 spiro atoms. The molecule has 0 aliphatic rings. The van der Waals surface area contributed by atoms with Gasteiger partial charge in [0.15, 0.2) is 0 Å². The Kier molecular flexibility index (Phi) is 7.19. The van der Waals surface area contributed by atoms with Crippen molar-refractivity contribution in [2.75, 3.05) is 32.5 Å². The number of rotatable bonds is 7. The Balaban J connectivity index is 0.00000264. The van der Waals surface area contributed by atoms with Crippen LogP contribution in [0, 0.1) is 10.1 Å². The third-order valence-electron chi connectivity index (χ3n) is 3.62. The molecule has 0 amide bonds. The van der Waals surface area contributed by atoms with Gasteiger partial charge in [0.1, 0.15) is 5.39 Å². The lowest BCUT2D eigenvalue weighted by molar-refractivity contribution is -0.383. The van der Waals surface area contributed by atoms with Gasteiger partial charge in [-0.2, -0.15) is 0 Å². The number of nitrogens with zero attached hydrogens (tertiary/aromatic N) is 3. The highest BCUT2D eigenvalue weighted by atomic mass is 35.5. The van der Waals surface area contributed by atoms with Gasteiger partial charge < -0.3 is 10.2 Å². The summed E-state index contributed by atoms with van der Waals surface area (Å²) in [7, 11) is 4.06. The van der Waals surface area contributed by atoms with Gasteiger partial charge in [-0.25, -0.2) is 0 Å². The number of aryl methyl sites for hydroxylation is 1. The number of nitro benzene ring substituents is 1. The van der Waals surface area contributed by atoms with Crippen LogP contribution in [0.15, 0.2) is 24.4 Å². The quantitative estimate of drug-likeness (QED) is 0.475. The fourth-order valence-corrected chi connectivity index (χ4v) is 2.53. The van der Waals surface area contributed by atoms with E-state index in [1.807, 2.05) is 33.2 Å². The number of hydrogen-bond donors (Lipinski definition) is 1. The van der Waals surface area contributed by atoms with Crippen LogP contribution >= 0.6 is 12.4 Å². The Morgan fingerprint density at radius 1 is 1.30 bits per heavy atom. The zero-order valence-electron chi connectivity index (χ0n) is 13.7. The van der Waals surface area contributed by atoms with Gasteiger partial charge >= 0.3 is 0 Å². The molecule has 1 aromatic heterocycles. The largest absolute Gasteiger partial charge is 0.384 e. The molecular formula is C16H23ClN4O2. The van der Waals surface area contributed by atoms with E-state index in [0.29, 0.717) is 17.3 Å². The van der Waals surface area contributed by atoms with Crippen LogP contribution in [0.3, 0.4) is 0 Å². The molecular weight excluding hydrogens is 316 g/mol. The van der Waals surface area contributed by atoms with Crippen LogP contribution in [0.25, 0.3) is 10.9 Å². The standard InChI is InChI=1S/C16H22N4O2.ClH/c1-4-12-6-7-13-15(16(12)20(21)22)14(8-10-18-13)17-9-5-11-19(2)3;/h6-8,10H,4-5,9,11H2,1-3H3,(H,17,18);1H. The van der Waals surface area contributed by atoms with Crippen molar-refractivity contribution in [1.29, 1.82) is 0 Å². The van der Waals surface area contributed by atoms with Crippen LogP contribution in [-0.4, -0.2) is 42.0 Å². The molecule has 0 atom stereocenters. The highest BCUT2D eigenvalue weighted by molar-refractivity contribution is 5.99. The van der Waals surface area contributed by atoms with Crippen LogP contribution in [0.2, 0.25) is 0 Å². The minimum Gasteiger partial charge on any atom is -0.384 e. The lowest BCUT2D eigenvalue weighted by Gasteiger charge is -2.13. The summed E-state index contributed by atoms with van der Waals surface area (Å²) in [5.74, 6) is 0. The van der Waals surface area contributed by atoms with Crippen molar-refractivity contribution in [3.63, 3.8) is 0 Å². The van der Waals surface area contributed by atoms with Gasteiger partial charge in [-0.15, -0.1) is 12.4 Å². The van der Waals surface area contributed by atoms with Gasteiger partial charge in [0.2, 0.25) is 0 Å². The number of nitro groups is 1. The molecule has 1 N–H and O–H groups in total. The van der Waals surface area contributed by atoms with E-state index in [-0.39, 0.29) is 23.0 Å². The first kappa shape index (κ1) is 19.1. The van der Waals surface area contributed by atoms with Crippen LogP contribution in [0.1, 0.15) is 18.9 Å². The molecule has 1 aromatic carbocycles. The minimum absolute atomic E-state index is 0. The highest BCUT2D eigenvalue weighted by Crippen LogP contribution is 2.34. The number of halogens is 1. The average Bonchev–Trinajstić information content (AvgIpc) is 2.49. The second-order valence-corrected chi connectivity index (χ2v) is 5.52. The van der Waals surface area contributed by atoms with E-state index < -0.39 is 0 Å². The van der Waals surface area contributed by atoms with Gasteiger partial charge in [0.05, 0.1) is 16.1 Å². The molecule has 0 saturated carbocycles. The van der Waals surface area contributed by atoms with Crippen LogP contribution < -0.4 is 5.32 Å². The normalized spacial score (nSPS) is 10.6. The summed E-state index contributed by atoms with van der Waals surface area (Å²) >= 11 is 0. The van der Waals surface area contributed by atoms with Crippen molar-refractivity contribution in [3.8, 4) is 0 Å². The number of aromatic nitrogens is 1. The van der Waals surface area contributed by atoms with Gasteiger partial charge in [0, 0.05) is 18.3 Å². The fraction of sp³-hybridized carbons (Fsp3) is 0.438. The molecule has 0 aliphatic carbocycles. The lowest BCUT2D eigenvalue weighted by Crippen LogP contribution is -2.16. The molecule has 2 rings (SSSR count). The van der Waals surface area contributed by atoms with Gasteiger partial charge in [-0.05, 0) is 45.6 Å². The van der Waals surface area contributed by atoms with E-state index in [1.165, 1.54) is 0 Å². The first-order chi connectivity index (χ1) is 10.5. The highest BCUT2D eigenvalue weighted by Gasteiger charge is 2.20. The smallest absolute Gasteiger partial charge is 0.284 e. The van der Waals surface area contributed by atoms with Gasteiger partial charge in [0.25, 0.3) is 5.69 Å². The first-order valence-corrected chi connectivity index (χ1v) is 7.48. The van der Waals surface area contributed by atoms with E-state index in [0.717, 1.165) is 30.8 Å². The molecule has 0 radical (unpaired) electrons. The average molecular weight is 339 g/mol. The Hall–Kier alpha value is -1.92. The molecule has 0 saturated heterocycles. The number of nitrogens with one attached hydrogen (secondary N) is 1.